The molecule has 2 heterocycles. The summed E-state index contributed by atoms with van der Waals surface area (Å²) in [4.78, 5) is 3.99. The predicted octanol–water partition coefficient (Wildman–Crippen LogP) is 2.93. The number of aromatic nitrogens is 6. The number of hydrogen-bond acceptors (Lipinski definition) is 4. The lowest BCUT2D eigenvalue weighted by atomic mass is 10.0. The second-order valence-electron chi connectivity index (χ2n) is 5.32. The van der Waals surface area contributed by atoms with Gasteiger partial charge in [-0.3, -0.25) is 0 Å². The quantitative estimate of drug-likeness (QED) is 0.581. The van der Waals surface area contributed by atoms with Gasteiger partial charge in [-0.15, -0.1) is 5.10 Å². The first kappa shape index (κ1) is 13.9. The summed E-state index contributed by atoms with van der Waals surface area (Å²) in [6, 6.07) is 12.0. The standard InChI is InChI=1S/C16H13ClN6/c1-22-15-7-12(11-2-4-14(17)5-3-11)6-13(16(15)20-21-22)8-23-10-18-9-19-23/h2-7,9-10H,8H2,1H3. The van der Waals surface area contributed by atoms with Crippen LogP contribution >= 0.6 is 11.6 Å². The molecule has 6 nitrogen and oxygen atoms in total. The maximum Gasteiger partial charge on any atom is 0.137 e. The number of halogens is 1. The molecule has 4 aromatic rings. The molecule has 0 spiro atoms. The maximum atomic E-state index is 5.99. The summed E-state index contributed by atoms with van der Waals surface area (Å²) in [5, 5.41) is 13.3. The fourth-order valence-corrected chi connectivity index (χ4v) is 2.74. The third kappa shape index (κ3) is 2.57. The van der Waals surface area contributed by atoms with Gasteiger partial charge in [-0.1, -0.05) is 28.9 Å². The van der Waals surface area contributed by atoms with Crippen molar-refractivity contribution in [3.63, 3.8) is 0 Å². The molecule has 114 valence electrons. The van der Waals surface area contributed by atoms with Gasteiger partial charge in [0.15, 0.2) is 0 Å². The summed E-state index contributed by atoms with van der Waals surface area (Å²) in [5.41, 5.74) is 5.09. The maximum absolute atomic E-state index is 5.99. The first-order valence-corrected chi connectivity index (χ1v) is 7.49. The molecule has 2 aromatic heterocycles. The highest BCUT2D eigenvalue weighted by Gasteiger charge is 2.12. The molecule has 0 bridgehead atoms. The fourth-order valence-electron chi connectivity index (χ4n) is 2.62. The first-order valence-electron chi connectivity index (χ1n) is 7.11. The van der Waals surface area contributed by atoms with Crippen molar-refractivity contribution < 1.29 is 0 Å². The average Bonchev–Trinajstić information content (AvgIpc) is 3.19. The van der Waals surface area contributed by atoms with E-state index < -0.39 is 0 Å². The molecule has 0 aliphatic rings. The minimum Gasteiger partial charge on any atom is -0.248 e. The number of benzene rings is 2. The predicted molar refractivity (Wildman–Crippen MR) is 88.1 cm³/mol. The molecule has 0 aliphatic carbocycles. The molecule has 0 saturated heterocycles. The van der Waals surface area contributed by atoms with Gasteiger partial charge in [0.25, 0.3) is 0 Å². The van der Waals surface area contributed by atoms with Gasteiger partial charge in [-0.2, -0.15) is 5.10 Å². The van der Waals surface area contributed by atoms with Gasteiger partial charge in [0.05, 0.1) is 12.1 Å². The molecular weight excluding hydrogens is 312 g/mol. The molecule has 7 heteroatoms. The van der Waals surface area contributed by atoms with Crippen LogP contribution in [-0.4, -0.2) is 29.8 Å². The molecule has 0 saturated carbocycles. The molecule has 0 atom stereocenters. The smallest absolute Gasteiger partial charge is 0.137 e. The summed E-state index contributed by atoms with van der Waals surface area (Å²) in [6.07, 6.45) is 3.22. The van der Waals surface area contributed by atoms with Crippen LogP contribution in [0.3, 0.4) is 0 Å². The zero-order chi connectivity index (χ0) is 15.8. The van der Waals surface area contributed by atoms with Crippen LogP contribution in [0.5, 0.6) is 0 Å². The van der Waals surface area contributed by atoms with Crippen molar-refractivity contribution in [3.05, 3.63) is 59.6 Å². The first-order chi connectivity index (χ1) is 11.2. The number of fused-ring (bicyclic) bond motifs is 1. The molecule has 4 rings (SSSR count). The van der Waals surface area contributed by atoms with Crippen LogP contribution in [0.2, 0.25) is 5.02 Å². The molecule has 0 aliphatic heterocycles. The molecule has 0 fully saturated rings. The molecule has 0 radical (unpaired) electrons. The van der Waals surface area contributed by atoms with Gasteiger partial charge in [0.2, 0.25) is 0 Å². The zero-order valence-corrected chi connectivity index (χ0v) is 13.1. The number of hydrogen-bond donors (Lipinski definition) is 0. The Balaban J connectivity index is 1.88. The molecule has 0 N–H and O–H groups in total. The Morgan fingerprint density at radius 3 is 2.65 bits per heavy atom. The Bertz CT molecular complexity index is 956. The lowest BCUT2D eigenvalue weighted by Gasteiger charge is -2.08. The second kappa shape index (κ2) is 5.48. The lowest BCUT2D eigenvalue weighted by Crippen LogP contribution is -2.01. The van der Waals surface area contributed by atoms with Crippen LogP contribution in [0.25, 0.3) is 22.2 Å². The third-order valence-electron chi connectivity index (χ3n) is 3.77. The lowest BCUT2D eigenvalue weighted by molar-refractivity contribution is 0.687. The number of aryl methyl sites for hydroxylation is 1. The largest absolute Gasteiger partial charge is 0.248 e. The minimum atomic E-state index is 0.594. The van der Waals surface area contributed by atoms with E-state index in [1.54, 1.807) is 15.7 Å². The normalized spacial score (nSPS) is 11.2. The van der Waals surface area contributed by atoms with E-state index in [4.69, 9.17) is 11.6 Å². The van der Waals surface area contributed by atoms with Crippen molar-refractivity contribution in [2.75, 3.05) is 0 Å². The summed E-state index contributed by atoms with van der Waals surface area (Å²) in [5.74, 6) is 0. The van der Waals surface area contributed by atoms with E-state index in [1.165, 1.54) is 6.33 Å². The van der Waals surface area contributed by atoms with Crippen molar-refractivity contribution >= 4 is 22.6 Å². The summed E-state index contributed by atoms with van der Waals surface area (Å²) in [7, 11) is 1.89. The van der Waals surface area contributed by atoms with Gasteiger partial charge < -0.3 is 0 Å². The van der Waals surface area contributed by atoms with E-state index in [9.17, 15) is 0 Å². The van der Waals surface area contributed by atoms with Crippen LogP contribution in [0.15, 0.2) is 49.1 Å². The van der Waals surface area contributed by atoms with Gasteiger partial charge in [0, 0.05) is 17.6 Å². The van der Waals surface area contributed by atoms with Crippen LogP contribution < -0.4 is 0 Å². The summed E-state index contributed by atoms with van der Waals surface area (Å²) >= 11 is 5.99. The Morgan fingerprint density at radius 1 is 1.09 bits per heavy atom. The molecule has 2 aromatic carbocycles. The van der Waals surface area contributed by atoms with Crippen LogP contribution in [0.1, 0.15) is 5.56 Å². The summed E-state index contributed by atoms with van der Waals surface area (Å²) < 4.78 is 3.55. The van der Waals surface area contributed by atoms with Gasteiger partial charge in [0.1, 0.15) is 18.2 Å². The third-order valence-corrected chi connectivity index (χ3v) is 4.02. The number of nitrogens with zero attached hydrogens (tertiary/aromatic N) is 6. The Morgan fingerprint density at radius 2 is 1.91 bits per heavy atom. The van der Waals surface area contributed by atoms with Crippen molar-refractivity contribution in [1.82, 2.24) is 29.8 Å². The Kier molecular flexibility index (Phi) is 3.31. The zero-order valence-electron chi connectivity index (χ0n) is 12.4. The van der Waals surface area contributed by atoms with E-state index in [1.807, 2.05) is 31.3 Å². The Labute approximate surface area is 137 Å². The highest BCUT2D eigenvalue weighted by atomic mass is 35.5. The van der Waals surface area contributed by atoms with Crippen molar-refractivity contribution in [2.24, 2.45) is 7.05 Å². The van der Waals surface area contributed by atoms with Crippen LogP contribution in [0.4, 0.5) is 0 Å². The van der Waals surface area contributed by atoms with Gasteiger partial charge in [-0.05, 0) is 35.4 Å². The van der Waals surface area contributed by atoms with Crippen molar-refractivity contribution in [3.8, 4) is 11.1 Å². The van der Waals surface area contributed by atoms with E-state index in [-0.39, 0.29) is 0 Å². The van der Waals surface area contributed by atoms with Gasteiger partial charge >= 0.3 is 0 Å². The van der Waals surface area contributed by atoms with E-state index in [2.05, 4.69) is 32.5 Å². The Hall–Kier alpha value is -2.73. The van der Waals surface area contributed by atoms with Crippen LogP contribution in [0, 0.1) is 0 Å². The number of rotatable bonds is 3. The molecule has 0 unspecified atom stereocenters. The molecule has 0 amide bonds. The fraction of sp³-hybridized carbons (Fsp3) is 0.125. The van der Waals surface area contributed by atoms with E-state index >= 15 is 0 Å². The summed E-state index contributed by atoms with van der Waals surface area (Å²) in [6.45, 7) is 0.594. The minimum absolute atomic E-state index is 0.594. The van der Waals surface area contributed by atoms with Gasteiger partial charge in [-0.25, -0.2) is 14.3 Å². The highest BCUT2D eigenvalue weighted by molar-refractivity contribution is 6.30. The molecular formula is C16H13ClN6. The topological polar surface area (TPSA) is 61.4 Å². The van der Waals surface area contributed by atoms with Crippen molar-refractivity contribution in [1.29, 1.82) is 0 Å². The van der Waals surface area contributed by atoms with Crippen LogP contribution in [-0.2, 0) is 13.6 Å². The second-order valence-corrected chi connectivity index (χ2v) is 5.75. The highest BCUT2D eigenvalue weighted by Crippen LogP contribution is 2.28. The monoisotopic (exact) mass is 324 g/mol. The molecule has 23 heavy (non-hydrogen) atoms. The SMILES string of the molecule is Cn1nnc2c(Cn3cncn3)cc(-c3ccc(Cl)cc3)cc21. The average molecular weight is 325 g/mol. The van der Waals surface area contributed by atoms with E-state index in [0.717, 1.165) is 32.7 Å². The van der Waals surface area contributed by atoms with E-state index in [0.29, 0.717) is 6.54 Å². The van der Waals surface area contributed by atoms with Crippen molar-refractivity contribution in [2.45, 2.75) is 6.54 Å².